The first-order valence-electron chi connectivity index (χ1n) is 7.93. The number of methoxy groups -OCH3 is 1. The maximum atomic E-state index is 5.63. The molecule has 0 saturated heterocycles. The van der Waals surface area contributed by atoms with Gasteiger partial charge in [-0.3, -0.25) is 0 Å². The van der Waals surface area contributed by atoms with Crippen LogP contribution in [0.15, 0.2) is 6.07 Å². The molecule has 1 N–H and O–H groups in total. The van der Waals surface area contributed by atoms with Crippen molar-refractivity contribution in [1.82, 2.24) is 9.97 Å². The van der Waals surface area contributed by atoms with Gasteiger partial charge in [0.25, 0.3) is 0 Å². The molecule has 0 bridgehead atoms. The lowest BCUT2D eigenvalue weighted by atomic mass is 9.82. The van der Waals surface area contributed by atoms with Crippen molar-refractivity contribution in [3.63, 3.8) is 0 Å². The van der Waals surface area contributed by atoms with Crippen LogP contribution in [0, 0.1) is 5.41 Å². The van der Waals surface area contributed by atoms with Crippen LogP contribution in [0.2, 0.25) is 0 Å². The van der Waals surface area contributed by atoms with Crippen molar-refractivity contribution in [2.45, 2.75) is 59.9 Å². The monoisotopic (exact) mass is 309 g/mol. The second kappa shape index (κ2) is 7.77. The Kier molecular flexibility index (Phi) is 6.60. The molecule has 0 saturated carbocycles. The highest BCUT2D eigenvalue weighted by atomic mass is 16.5. The third kappa shape index (κ3) is 7.07. The summed E-state index contributed by atoms with van der Waals surface area (Å²) in [5.74, 6) is 2.19. The molecule has 1 heterocycles. The lowest BCUT2D eigenvalue weighted by molar-refractivity contribution is 0.143. The van der Waals surface area contributed by atoms with Gasteiger partial charge in [-0.25, -0.2) is 4.98 Å². The Morgan fingerprint density at radius 2 is 1.77 bits per heavy atom. The minimum Gasteiger partial charge on any atom is -0.475 e. The van der Waals surface area contributed by atoms with Crippen LogP contribution in [0.4, 0.5) is 5.82 Å². The lowest BCUT2D eigenvalue weighted by Gasteiger charge is -2.33. The van der Waals surface area contributed by atoms with E-state index < -0.39 is 0 Å². The summed E-state index contributed by atoms with van der Waals surface area (Å²) >= 11 is 0. The van der Waals surface area contributed by atoms with Crippen LogP contribution in [-0.2, 0) is 11.2 Å². The third-order valence-corrected chi connectivity index (χ3v) is 3.04. The van der Waals surface area contributed by atoms with Crippen LogP contribution in [-0.4, -0.2) is 35.8 Å². The predicted molar refractivity (Wildman–Crippen MR) is 90.6 cm³/mol. The van der Waals surface area contributed by atoms with E-state index in [9.17, 15) is 0 Å². The number of hydrogen-bond acceptors (Lipinski definition) is 5. The van der Waals surface area contributed by atoms with E-state index in [2.05, 4.69) is 49.9 Å². The molecule has 1 aromatic rings. The molecule has 0 aliphatic carbocycles. The maximum absolute atomic E-state index is 5.63. The van der Waals surface area contributed by atoms with Gasteiger partial charge in [-0.2, -0.15) is 4.98 Å². The smallest absolute Gasteiger partial charge is 0.218 e. The highest BCUT2D eigenvalue weighted by molar-refractivity contribution is 5.41. The van der Waals surface area contributed by atoms with Crippen LogP contribution in [0.3, 0.4) is 0 Å². The van der Waals surface area contributed by atoms with Gasteiger partial charge >= 0.3 is 0 Å². The molecule has 0 fully saturated rings. The summed E-state index contributed by atoms with van der Waals surface area (Å²) in [6.07, 6.45) is 1.81. The number of rotatable bonds is 8. The molecule has 0 radical (unpaired) electrons. The number of anilines is 1. The standard InChI is InChI=1S/C17H31N3O2/c1-8-13-18-14(11-15(19-13)22-10-9-21-7)20-17(5,6)12-16(2,3)4/h11H,8-10,12H2,1-7H3,(H,18,19,20). The van der Waals surface area contributed by atoms with Gasteiger partial charge in [0.15, 0.2) is 0 Å². The average Bonchev–Trinajstić information content (AvgIpc) is 2.35. The Morgan fingerprint density at radius 3 is 2.32 bits per heavy atom. The van der Waals surface area contributed by atoms with Gasteiger partial charge in [-0.05, 0) is 25.7 Å². The molecule has 5 nitrogen and oxygen atoms in total. The first-order chi connectivity index (χ1) is 10.1. The highest BCUT2D eigenvalue weighted by Crippen LogP contribution is 2.29. The number of nitrogens with one attached hydrogen (secondary N) is 1. The Bertz CT molecular complexity index is 467. The SMILES string of the molecule is CCc1nc(NC(C)(C)CC(C)(C)C)cc(OCCOC)n1. The molecule has 0 unspecified atom stereocenters. The molecule has 0 aliphatic heterocycles. The summed E-state index contributed by atoms with van der Waals surface area (Å²) in [5.41, 5.74) is 0.191. The van der Waals surface area contributed by atoms with E-state index in [4.69, 9.17) is 9.47 Å². The zero-order valence-corrected chi connectivity index (χ0v) is 15.1. The summed E-state index contributed by atoms with van der Waals surface area (Å²) in [7, 11) is 1.66. The molecule has 126 valence electrons. The first kappa shape index (κ1) is 18.7. The van der Waals surface area contributed by atoms with Crippen molar-refractivity contribution in [3.8, 4) is 5.88 Å². The third-order valence-electron chi connectivity index (χ3n) is 3.04. The molecule has 0 spiro atoms. The fraction of sp³-hybridized carbons (Fsp3) is 0.765. The van der Waals surface area contributed by atoms with E-state index in [1.54, 1.807) is 7.11 Å². The minimum atomic E-state index is -0.0542. The first-order valence-corrected chi connectivity index (χ1v) is 7.93. The largest absolute Gasteiger partial charge is 0.475 e. The number of nitrogens with zero attached hydrogens (tertiary/aromatic N) is 2. The van der Waals surface area contributed by atoms with Crippen molar-refractivity contribution < 1.29 is 9.47 Å². The lowest BCUT2D eigenvalue weighted by Crippen LogP contribution is -2.35. The van der Waals surface area contributed by atoms with Crippen LogP contribution in [0.1, 0.15) is 53.8 Å². The number of hydrogen-bond donors (Lipinski definition) is 1. The number of ether oxygens (including phenoxy) is 2. The van der Waals surface area contributed by atoms with Gasteiger partial charge in [0.1, 0.15) is 18.2 Å². The van der Waals surface area contributed by atoms with Gasteiger partial charge in [0.2, 0.25) is 5.88 Å². The molecular formula is C17H31N3O2. The van der Waals surface area contributed by atoms with Crippen LogP contribution in [0.5, 0.6) is 5.88 Å². The van der Waals surface area contributed by atoms with E-state index in [1.165, 1.54) is 0 Å². The Hall–Kier alpha value is -1.36. The van der Waals surface area contributed by atoms with E-state index >= 15 is 0 Å². The summed E-state index contributed by atoms with van der Waals surface area (Å²) in [6, 6.07) is 1.86. The van der Waals surface area contributed by atoms with Gasteiger partial charge in [0.05, 0.1) is 6.61 Å². The van der Waals surface area contributed by atoms with E-state index in [1.807, 2.05) is 13.0 Å². The summed E-state index contributed by atoms with van der Waals surface area (Å²) < 4.78 is 10.6. The Morgan fingerprint density at radius 1 is 1.09 bits per heavy atom. The molecular weight excluding hydrogens is 278 g/mol. The van der Waals surface area contributed by atoms with Crippen LogP contribution < -0.4 is 10.1 Å². The Balaban J connectivity index is 2.86. The van der Waals surface area contributed by atoms with Crippen molar-refractivity contribution in [1.29, 1.82) is 0 Å². The van der Waals surface area contributed by atoms with Gasteiger partial charge in [-0.15, -0.1) is 0 Å². The topological polar surface area (TPSA) is 56.3 Å². The van der Waals surface area contributed by atoms with Gasteiger partial charge in [-0.1, -0.05) is 27.7 Å². The molecule has 0 amide bonds. The van der Waals surface area contributed by atoms with E-state index in [0.717, 1.165) is 24.5 Å². The normalized spacial score (nSPS) is 12.3. The quantitative estimate of drug-likeness (QED) is 0.742. The number of aryl methyl sites for hydroxylation is 1. The fourth-order valence-corrected chi connectivity index (χ4v) is 2.72. The molecule has 1 aromatic heterocycles. The van der Waals surface area contributed by atoms with Crippen LogP contribution in [0.25, 0.3) is 0 Å². The van der Waals surface area contributed by atoms with Crippen molar-refractivity contribution in [3.05, 3.63) is 11.9 Å². The fourth-order valence-electron chi connectivity index (χ4n) is 2.72. The highest BCUT2D eigenvalue weighted by Gasteiger charge is 2.26. The summed E-state index contributed by atoms with van der Waals surface area (Å²) in [4.78, 5) is 8.96. The molecule has 22 heavy (non-hydrogen) atoms. The second-order valence-corrected chi connectivity index (χ2v) is 7.45. The van der Waals surface area contributed by atoms with E-state index in [-0.39, 0.29) is 11.0 Å². The van der Waals surface area contributed by atoms with Crippen molar-refractivity contribution in [2.75, 3.05) is 25.6 Å². The van der Waals surface area contributed by atoms with Crippen LogP contribution >= 0.6 is 0 Å². The number of aromatic nitrogens is 2. The van der Waals surface area contributed by atoms with Gasteiger partial charge in [0, 0.05) is 25.1 Å². The molecule has 0 aromatic carbocycles. The minimum absolute atomic E-state index is 0.0542. The predicted octanol–water partition coefficient (Wildman–Crippen LogP) is 3.69. The zero-order chi connectivity index (χ0) is 16.8. The summed E-state index contributed by atoms with van der Waals surface area (Å²) in [5, 5.41) is 3.52. The molecule has 0 atom stereocenters. The molecule has 5 heteroatoms. The molecule has 1 rings (SSSR count). The summed E-state index contributed by atoms with van der Waals surface area (Å²) in [6.45, 7) is 14.2. The Labute approximate surface area is 134 Å². The van der Waals surface area contributed by atoms with Gasteiger partial charge < -0.3 is 14.8 Å². The van der Waals surface area contributed by atoms with E-state index in [0.29, 0.717) is 19.1 Å². The molecule has 0 aliphatic rings. The van der Waals surface area contributed by atoms with Crippen molar-refractivity contribution in [2.24, 2.45) is 5.41 Å². The van der Waals surface area contributed by atoms with Crippen molar-refractivity contribution >= 4 is 5.82 Å². The second-order valence-electron chi connectivity index (χ2n) is 7.45. The average molecular weight is 309 g/mol. The maximum Gasteiger partial charge on any atom is 0.218 e. The zero-order valence-electron chi connectivity index (χ0n) is 15.1.